The number of rotatable bonds is 5. The summed E-state index contributed by atoms with van der Waals surface area (Å²) in [5, 5.41) is 9.00. The topological polar surface area (TPSA) is 50.1 Å². The van der Waals surface area contributed by atoms with Crippen molar-refractivity contribution < 1.29 is 9.53 Å². The van der Waals surface area contributed by atoms with Gasteiger partial charge in [0.2, 0.25) is 0 Å². The van der Waals surface area contributed by atoms with Gasteiger partial charge >= 0.3 is 0 Å². The normalized spacial score (nSPS) is 15.8. The highest BCUT2D eigenvalue weighted by Gasteiger charge is 2.42. The van der Waals surface area contributed by atoms with Gasteiger partial charge in [0.25, 0.3) is 0 Å². The maximum atomic E-state index is 12.2. The number of methoxy groups -OCH3 is 1. The minimum absolute atomic E-state index is 0.0667. The molecule has 0 amide bonds. The standard InChI is InChI=1S/C15H17NO2/c1-11-4-3-5-12(14(11)18-2)13(17)6-7-15(10-16)8-9-15/h3-5H,6-9H2,1-2H3. The van der Waals surface area contributed by atoms with Gasteiger partial charge in [0, 0.05) is 6.42 Å². The highest BCUT2D eigenvalue weighted by molar-refractivity contribution is 5.99. The van der Waals surface area contributed by atoms with Crippen molar-refractivity contribution in [1.29, 1.82) is 5.26 Å². The second kappa shape index (κ2) is 4.81. The molecular weight excluding hydrogens is 226 g/mol. The fraction of sp³-hybridized carbons (Fsp3) is 0.467. The lowest BCUT2D eigenvalue weighted by Crippen LogP contribution is -2.06. The number of nitriles is 1. The molecule has 0 bridgehead atoms. The third-order valence-corrected chi connectivity index (χ3v) is 3.64. The van der Waals surface area contributed by atoms with E-state index in [0.717, 1.165) is 18.4 Å². The van der Waals surface area contributed by atoms with Gasteiger partial charge in [-0.1, -0.05) is 12.1 Å². The maximum Gasteiger partial charge on any atom is 0.166 e. The Kier molecular flexibility index (Phi) is 3.38. The molecule has 0 atom stereocenters. The van der Waals surface area contributed by atoms with E-state index in [0.29, 0.717) is 24.2 Å². The van der Waals surface area contributed by atoms with Gasteiger partial charge in [-0.05, 0) is 37.8 Å². The summed E-state index contributed by atoms with van der Waals surface area (Å²) in [6, 6.07) is 7.89. The van der Waals surface area contributed by atoms with Crippen LogP contribution in [0.2, 0.25) is 0 Å². The zero-order valence-corrected chi connectivity index (χ0v) is 10.8. The van der Waals surface area contributed by atoms with Crippen molar-refractivity contribution in [2.24, 2.45) is 5.41 Å². The molecule has 0 N–H and O–H groups in total. The zero-order chi connectivity index (χ0) is 13.2. The Hall–Kier alpha value is -1.82. The number of hydrogen-bond donors (Lipinski definition) is 0. The lowest BCUT2D eigenvalue weighted by atomic mass is 9.96. The summed E-state index contributed by atoms with van der Waals surface area (Å²) in [4.78, 5) is 12.2. The van der Waals surface area contributed by atoms with Crippen molar-refractivity contribution in [2.45, 2.75) is 32.6 Å². The largest absolute Gasteiger partial charge is 0.496 e. The molecule has 2 rings (SSSR count). The number of aryl methyl sites for hydroxylation is 1. The second-order valence-corrected chi connectivity index (χ2v) is 4.97. The molecule has 18 heavy (non-hydrogen) atoms. The molecule has 1 aliphatic rings. The first-order valence-electron chi connectivity index (χ1n) is 6.20. The van der Waals surface area contributed by atoms with Crippen molar-refractivity contribution in [3.8, 4) is 11.8 Å². The summed E-state index contributed by atoms with van der Waals surface area (Å²) in [7, 11) is 1.58. The Morgan fingerprint density at radius 3 is 2.78 bits per heavy atom. The van der Waals surface area contributed by atoms with Crippen molar-refractivity contribution in [2.75, 3.05) is 7.11 Å². The molecule has 3 heteroatoms. The van der Waals surface area contributed by atoms with Crippen molar-refractivity contribution >= 4 is 5.78 Å². The number of hydrogen-bond acceptors (Lipinski definition) is 3. The molecule has 1 aliphatic carbocycles. The molecule has 0 saturated heterocycles. The molecule has 1 saturated carbocycles. The van der Waals surface area contributed by atoms with E-state index < -0.39 is 0 Å². The van der Waals surface area contributed by atoms with Gasteiger partial charge in [-0.2, -0.15) is 5.26 Å². The second-order valence-electron chi connectivity index (χ2n) is 4.97. The van der Waals surface area contributed by atoms with Crippen molar-refractivity contribution in [3.05, 3.63) is 29.3 Å². The van der Waals surface area contributed by atoms with Gasteiger partial charge in [-0.25, -0.2) is 0 Å². The Labute approximate surface area is 107 Å². The molecule has 3 nitrogen and oxygen atoms in total. The van der Waals surface area contributed by atoms with Crippen LogP contribution in [0.3, 0.4) is 0 Å². The van der Waals surface area contributed by atoms with Crippen LogP contribution in [0.25, 0.3) is 0 Å². The van der Waals surface area contributed by atoms with E-state index in [1.807, 2.05) is 19.1 Å². The van der Waals surface area contributed by atoms with Crippen LogP contribution >= 0.6 is 0 Å². The van der Waals surface area contributed by atoms with E-state index >= 15 is 0 Å². The van der Waals surface area contributed by atoms with Crippen LogP contribution in [0.1, 0.15) is 41.6 Å². The van der Waals surface area contributed by atoms with E-state index in [1.54, 1.807) is 13.2 Å². The monoisotopic (exact) mass is 243 g/mol. The fourth-order valence-corrected chi connectivity index (χ4v) is 2.20. The average molecular weight is 243 g/mol. The summed E-state index contributed by atoms with van der Waals surface area (Å²) >= 11 is 0. The third kappa shape index (κ3) is 2.38. The minimum atomic E-state index is -0.216. The van der Waals surface area contributed by atoms with Gasteiger partial charge in [0.05, 0.1) is 24.2 Å². The molecule has 0 spiro atoms. The van der Waals surface area contributed by atoms with E-state index in [1.165, 1.54) is 0 Å². The van der Waals surface area contributed by atoms with E-state index in [9.17, 15) is 4.79 Å². The Bertz CT molecular complexity index is 510. The predicted molar refractivity (Wildman–Crippen MR) is 68.6 cm³/mol. The number of para-hydroxylation sites is 1. The molecule has 1 aromatic rings. The van der Waals surface area contributed by atoms with Crippen molar-refractivity contribution in [1.82, 2.24) is 0 Å². The summed E-state index contributed by atoms with van der Waals surface area (Å²) in [6.45, 7) is 1.92. The first kappa shape index (κ1) is 12.6. The van der Waals surface area contributed by atoms with E-state index in [4.69, 9.17) is 10.00 Å². The summed E-state index contributed by atoms with van der Waals surface area (Å²) < 4.78 is 5.29. The van der Waals surface area contributed by atoms with Crippen LogP contribution < -0.4 is 4.74 Å². The number of benzene rings is 1. The fourth-order valence-electron chi connectivity index (χ4n) is 2.20. The Morgan fingerprint density at radius 1 is 1.50 bits per heavy atom. The van der Waals surface area contributed by atoms with E-state index in [2.05, 4.69) is 6.07 Å². The van der Waals surface area contributed by atoms with Gasteiger partial charge in [0.1, 0.15) is 5.75 Å². The minimum Gasteiger partial charge on any atom is -0.496 e. The zero-order valence-electron chi connectivity index (χ0n) is 10.8. The molecular formula is C15H17NO2. The number of ketones is 1. The molecule has 1 fully saturated rings. The molecule has 0 aliphatic heterocycles. The van der Waals surface area contributed by atoms with Gasteiger partial charge in [-0.3, -0.25) is 4.79 Å². The SMILES string of the molecule is COc1c(C)cccc1C(=O)CCC1(C#N)CC1. The van der Waals surface area contributed by atoms with Crippen molar-refractivity contribution in [3.63, 3.8) is 0 Å². The first-order valence-corrected chi connectivity index (χ1v) is 6.20. The molecule has 0 radical (unpaired) electrons. The number of ether oxygens (including phenoxy) is 1. The summed E-state index contributed by atoms with van der Waals surface area (Å²) in [5.74, 6) is 0.723. The summed E-state index contributed by atoms with van der Waals surface area (Å²) in [5.41, 5.74) is 1.38. The lowest BCUT2D eigenvalue weighted by Gasteiger charge is -2.11. The predicted octanol–water partition coefficient (Wildman–Crippen LogP) is 3.27. The molecule has 0 heterocycles. The number of carbonyl (C=O) groups is 1. The van der Waals surface area contributed by atoms with Gasteiger partial charge in [-0.15, -0.1) is 0 Å². The first-order chi connectivity index (χ1) is 8.62. The number of Topliss-reactive ketones (excluding diaryl/α,β-unsaturated/α-hetero) is 1. The maximum absolute atomic E-state index is 12.2. The van der Waals surface area contributed by atoms with E-state index in [-0.39, 0.29) is 11.2 Å². The lowest BCUT2D eigenvalue weighted by molar-refractivity contribution is 0.0972. The van der Waals surface area contributed by atoms with Crippen LogP contribution in [-0.2, 0) is 0 Å². The van der Waals surface area contributed by atoms with Crippen LogP contribution in [0.4, 0.5) is 0 Å². The third-order valence-electron chi connectivity index (χ3n) is 3.64. The Morgan fingerprint density at radius 2 is 2.22 bits per heavy atom. The van der Waals surface area contributed by atoms with Crippen LogP contribution in [0.15, 0.2) is 18.2 Å². The van der Waals surface area contributed by atoms with Gasteiger partial charge in [0.15, 0.2) is 5.78 Å². The molecule has 1 aromatic carbocycles. The van der Waals surface area contributed by atoms with Crippen LogP contribution in [0, 0.1) is 23.7 Å². The summed E-state index contributed by atoms with van der Waals surface area (Å²) in [6.07, 6.45) is 2.95. The van der Waals surface area contributed by atoms with Crippen LogP contribution in [0.5, 0.6) is 5.75 Å². The molecule has 0 aromatic heterocycles. The number of nitrogens with zero attached hydrogens (tertiary/aromatic N) is 1. The highest BCUT2D eigenvalue weighted by Crippen LogP contribution is 2.49. The smallest absolute Gasteiger partial charge is 0.166 e. The van der Waals surface area contributed by atoms with Crippen LogP contribution in [-0.4, -0.2) is 12.9 Å². The average Bonchev–Trinajstić information content (AvgIpc) is 3.16. The highest BCUT2D eigenvalue weighted by atomic mass is 16.5. The molecule has 0 unspecified atom stereocenters. The number of carbonyl (C=O) groups excluding carboxylic acids is 1. The Balaban J connectivity index is 2.10. The molecule has 94 valence electrons. The van der Waals surface area contributed by atoms with Gasteiger partial charge < -0.3 is 4.74 Å². The quantitative estimate of drug-likeness (QED) is 0.746.